The van der Waals surface area contributed by atoms with Crippen LogP contribution in [-0.2, 0) is 4.74 Å². The number of nitrogens with one attached hydrogen (secondary N) is 2. The Kier molecular flexibility index (Phi) is 6.25. The van der Waals surface area contributed by atoms with Gasteiger partial charge in [0.15, 0.2) is 0 Å². The predicted octanol–water partition coefficient (Wildman–Crippen LogP) is 3.75. The quantitative estimate of drug-likeness (QED) is 0.588. The summed E-state index contributed by atoms with van der Waals surface area (Å²) in [5.74, 6) is 0. The SMILES string of the molecule is Cc1cc(NC(=O)N/N=C\c2ccccc2N2CCOCC2)ccc1Br. The number of morpholine rings is 1. The Bertz CT molecular complexity index is 804. The van der Waals surface area contributed by atoms with E-state index in [1.807, 2.05) is 43.3 Å². The fourth-order valence-corrected chi connectivity index (χ4v) is 2.98. The van der Waals surface area contributed by atoms with E-state index in [0.29, 0.717) is 5.69 Å². The Morgan fingerprint density at radius 3 is 2.77 bits per heavy atom. The van der Waals surface area contributed by atoms with Gasteiger partial charge in [0.2, 0.25) is 0 Å². The monoisotopic (exact) mass is 416 g/mol. The first-order valence-electron chi connectivity index (χ1n) is 8.41. The number of carbonyl (C=O) groups is 1. The number of halogens is 1. The molecule has 0 unspecified atom stereocenters. The number of aryl methyl sites for hydroxylation is 1. The smallest absolute Gasteiger partial charge is 0.339 e. The number of carbonyl (C=O) groups excluding carboxylic acids is 1. The molecule has 1 aliphatic rings. The van der Waals surface area contributed by atoms with E-state index in [0.717, 1.165) is 47.6 Å². The van der Waals surface area contributed by atoms with Crippen LogP contribution in [0.5, 0.6) is 0 Å². The van der Waals surface area contributed by atoms with E-state index >= 15 is 0 Å². The maximum absolute atomic E-state index is 12.0. The average Bonchev–Trinajstić information content (AvgIpc) is 2.66. The first-order chi connectivity index (χ1) is 12.6. The Morgan fingerprint density at radius 2 is 2.00 bits per heavy atom. The fourth-order valence-electron chi connectivity index (χ4n) is 2.73. The van der Waals surface area contributed by atoms with Crippen LogP contribution in [0.25, 0.3) is 0 Å². The molecule has 0 aromatic heterocycles. The highest BCUT2D eigenvalue weighted by molar-refractivity contribution is 9.10. The topological polar surface area (TPSA) is 66.0 Å². The lowest BCUT2D eigenvalue weighted by Gasteiger charge is -2.29. The molecular formula is C19H21BrN4O2. The van der Waals surface area contributed by atoms with E-state index < -0.39 is 0 Å². The van der Waals surface area contributed by atoms with Crippen molar-refractivity contribution in [2.75, 3.05) is 36.5 Å². The van der Waals surface area contributed by atoms with Crippen molar-refractivity contribution in [2.24, 2.45) is 5.10 Å². The summed E-state index contributed by atoms with van der Waals surface area (Å²) in [6, 6.07) is 13.2. The van der Waals surface area contributed by atoms with Crippen molar-refractivity contribution < 1.29 is 9.53 Å². The van der Waals surface area contributed by atoms with Crippen molar-refractivity contribution in [3.63, 3.8) is 0 Å². The molecule has 2 aromatic rings. The molecule has 0 saturated carbocycles. The van der Waals surface area contributed by atoms with Crippen LogP contribution in [0.2, 0.25) is 0 Å². The number of benzene rings is 2. The molecule has 1 heterocycles. The number of para-hydroxylation sites is 1. The van der Waals surface area contributed by atoms with Gasteiger partial charge in [-0.3, -0.25) is 0 Å². The molecular weight excluding hydrogens is 396 g/mol. The van der Waals surface area contributed by atoms with Crippen LogP contribution in [0.3, 0.4) is 0 Å². The molecule has 0 spiro atoms. The maximum atomic E-state index is 12.0. The highest BCUT2D eigenvalue weighted by Crippen LogP contribution is 2.21. The highest BCUT2D eigenvalue weighted by Gasteiger charge is 2.13. The second-order valence-corrected chi connectivity index (χ2v) is 6.80. The Balaban J connectivity index is 1.61. The normalized spacial score (nSPS) is 14.5. The summed E-state index contributed by atoms with van der Waals surface area (Å²) in [4.78, 5) is 14.3. The number of anilines is 2. The van der Waals surface area contributed by atoms with Crippen molar-refractivity contribution in [1.82, 2.24) is 5.43 Å². The molecule has 2 amide bonds. The van der Waals surface area contributed by atoms with Crippen LogP contribution in [0.4, 0.5) is 16.2 Å². The second kappa shape index (κ2) is 8.82. The minimum absolute atomic E-state index is 0.383. The average molecular weight is 417 g/mol. The van der Waals surface area contributed by atoms with E-state index in [4.69, 9.17) is 4.74 Å². The van der Waals surface area contributed by atoms with Gasteiger partial charge < -0.3 is 15.0 Å². The number of hydrazone groups is 1. The number of nitrogens with zero attached hydrogens (tertiary/aromatic N) is 2. The third kappa shape index (κ3) is 4.83. The third-order valence-corrected chi connectivity index (χ3v) is 4.96. The molecule has 7 heteroatoms. The largest absolute Gasteiger partial charge is 0.378 e. The summed E-state index contributed by atoms with van der Waals surface area (Å²) in [7, 11) is 0. The molecule has 1 saturated heterocycles. The van der Waals surface area contributed by atoms with Crippen LogP contribution in [0, 0.1) is 6.92 Å². The van der Waals surface area contributed by atoms with Crippen LogP contribution in [0.15, 0.2) is 52.0 Å². The number of urea groups is 1. The molecule has 136 valence electrons. The molecule has 26 heavy (non-hydrogen) atoms. The lowest BCUT2D eigenvalue weighted by Crippen LogP contribution is -2.36. The molecule has 3 rings (SSSR count). The summed E-state index contributed by atoms with van der Waals surface area (Å²) in [6.07, 6.45) is 1.66. The number of hydrogen-bond donors (Lipinski definition) is 2. The molecule has 0 aliphatic carbocycles. The molecule has 2 aromatic carbocycles. The van der Waals surface area contributed by atoms with Gasteiger partial charge in [0.05, 0.1) is 19.4 Å². The van der Waals surface area contributed by atoms with Gasteiger partial charge in [-0.2, -0.15) is 5.10 Å². The van der Waals surface area contributed by atoms with Gasteiger partial charge in [-0.1, -0.05) is 34.1 Å². The predicted molar refractivity (Wildman–Crippen MR) is 108 cm³/mol. The van der Waals surface area contributed by atoms with Crippen molar-refractivity contribution in [1.29, 1.82) is 0 Å². The van der Waals surface area contributed by atoms with Gasteiger partial charge in [0.1, 0.15) is 0 Å². The van der Waals surface area contributed by atoms with Gasteiger partial charge in [-0.15, -0.1) is 0 Å². The van der Waals surface area contributed by atoms with Crippen LogP contribution >= 0.6 is 15.9 Å². The summed E-state index contributed by atoms with van der Waals surface area (Å²) in [5, 5.41) is 6.84. The maximum Gasteiger partial charge on any atom is 0.339 e. The Hall–Kier alpha value is -2.38. The standard InChI is InChI=1S/C19H21BrN4O2/c1-14-12-16(6-7-17(14)20)22-19(25)23-21-13-15-4-2-3-5-18(15)24-8-10-26-11-9-24/h2-7,12-13H,8-11H2,1H3,(H2,22,23,25)/b21-13-. The van der Waals surface area contributed by atoms with E-state index in [1.165, 1.54) is 0 Å². The summed E-state index contributed by atoms with van der Waals surface area (Å²) in [6.45, 7) is 5.11. The molecule has 0 radical (unpaired) electrons. The lowest BCUT2D eigenvalue weighted by atomic mass is 10.1. The van der Waals surface area contributed by atoms with Gasteiger partial charge in [0.25, 0.3) is 0 Å². The van der Waals surface area contributed by atoms with Crippen LogP contribution in [-0.4, -0.2) is 38.5 Å². The molecule has 0 atom stereocenters. The zero-order chi connectivity index (χ0) is 18.4. The van der Waals surface area contributed by atoms with E-state index in [1.54, 1.807) is 6.21 Å². The van der Waals surface area contributed by atoms with Crippen molar-refractivity contribution in [3.05, 3.63) is 58.1 Å². The number of amides is 2. The molecule has 1 aliphatic heterocycles. The summed E-state index contributed by atoms with van der Waals surface area (Å²) < 4.78 is 6.40. The zero-order valence-corrected chi connectivity index (χ0v) is 16.1. The van der Waals surface area contributed by atoms with E-state index in [9.17, 15) is 4.79 Å². The first-order valence-corrected chi connectivity index (χ1v) is 9.21. The van der Waals surface area contributed by atoms with Gasteiger partial charge in [-0.25, -0.2) is 10.2 Å². The van der Waals surface area contributed by atoms with Gasteiger partial charge in [-0.05, 0) is 36.8 Å². The van der Waals surface area contributed by atoms with Crippen LogP contribution in [0.1, 0.15) is 11.1 Å². The van der Waals surface area contributed by atoms with Crippen molar-refractivity contribution in [3.8, 4) is 0 Å². The van der Waals surface area contributed by atoms with E-state index in [-0.39, 0.29) is 6.03 Å². The summed E-state index contributed by atoms with van der Waals surface area (Å²) >= 11 is 3.44. The Labute approximate surface area is 161 Å². The molecule has 6 nitrogen and oxygen atoms in total. The first kappa shape index (κ1) is 18.4. The zero-order valence-electron chi connectivity index (χ0n) is 14.5. The fraction of sp³-hybridized carbons (Fsp3) is 0.263. The van der Waals surface area contributed by atoms with E-state index in [2.05, 4.69) is 42.7 Å². The minimum Gasteiger partial charge on any atom is -0.378 e. The highest BCUT2D eigenvalue weighted by atomic mass is 79.9. The molecule has 0 bridgehead atoms. The van der Waals surface area contributed by atoms with Crippen molar-refractivity contribution in [2.45, 2.75) is 6.92 Å². The Morgan fingerprint density at radius 1 is 1.23 bits per heavy atom. The number of rotatable bonds is 4. The van der Waals surface area contributed by atoms with Crippen LogP contribution < -0.4 is 15.6 Å². The molecule has 1 fully saturated rings. The van der Waals surface area contributed by atoms with Gasteiger partial charge >= 0.3 is 6.03 Å². The van der Waals surface area contributed by atoms with Gasteiger partial charge in [0, 0.05) is 34.5 Å². The lowest BCUT2D eigenvalue weighted by molar-refractivity contribution is 0.122. The third-order valence-electron chi connectivity index (χ3n) is 4.07. The second-order valence-electron chi connectivity index (χ2n) is 5.95. The molecule has 2 N–H and O–H groups in total. The van der Waals surface area contributed by atoms with Crippen molar-refractivity contribution >= 4 is 39.6 Å². The minimum atomic E-state index is -0.383. The summed E-state index contributed by atoms with van der Waals surface area (Å²) in [5.41, 5.74) is 6.31. The number of hydrogen-bond acceptors (Lipinski definition) is 4. The number of ether oxygens (including phenoxy) is 1.